The molecule has 14 heavy (non-hydrogen) atoms. The summed E-state index contributed by atoms with van der Waals surface area (Å²) in [5.41, 5.74) is 0. The van der Waals surface area contributed by atoms with E-state index in [1.807, 2.05) is 0 Å². The van der Waals surface area contributed by atoms with Crippen molar-refractivity contribution in [3.63, 3.8) is 0 Å². The highest BCUT2D eigenvalue weighted by atomic mass is 16.3. The van der Waals surface area contributed by atoms with Crippen molar-refractivity contribution in [2.75, 3.05) is 13.2 Å². The molecule has 2 bridgehead atoms. The fraction of sp³-hybridized carbons (Fsp3) is 1.00. The van der Waals surface area contributed by atoms with Gasteiger partial charge in [0.2, 0.25) is 0 Å². The molecule has 80 valence electrons. The van der Waals surface area contributed by atoms with E-state index >= 15 is 0 Å². The number of fused-ring (bicyclic) bond motifs is 5. The third kappa shape index (κ3) is 1.04. The van der Waals surface area contributed by atoms with Crippen LogP contribution in [0.15, 0.2) is 0 Å². The van der Waals surface area contributed by atoms with Crippen LogP contribution >= 0.6 is 0 Å². The molecular weight excluding hydrogens is 176 g/mol. The number of rotatable bonds is 2. The first-order valence-electron chi connectivity index (χ1n) is 6.07. The largest absolute Gasteiger partial charge is 0.396 e. The minimum atomic E-state index is 0.378. The van der Waals surface area contributed by atoms with E-state index in [4.69, 9.17) is 0 Å². The molecule has 2 N–H and O–H groups in total. The lowest BCUT2D eigenvalue weighted by Crippen LogP contribution is -2.31. The van der Waals surface area contributed by atoms with Crippen molar-refractivity contribution >= 4 is 0 Å². The molecule has 0 aromatic heterocycles. The summed E-state index contributed by atoms with van der Waals surface area (Å²) < 4.78 is 0. The third-order valence-corrected chi connectivity index (χ3v) is 5.26. The van der Waals surface area contributed by atoms with Crippen LogP contribution in [0.25, 0.3) is 0 Å². The zero-order valence-corrected chi connectivity index (χ0v) is 8.60. The first-order chi connectivity index (χ1) is 6.85. The van der Waals surface area contributed by atoms with Gasteiger partial charge in [-0.15, -0.1) is 0 Å². The molecule has 2 heteroatoms. The van der Waals surface area contributed by atoms with Crippen LogP contribution in [0.5, 0.6) is 0 Å². The topological polar surface area (TPSA) is 40.5 Å². The highest BCUT2D eigenvalue weighted by Gasteiger charge is 2.56. The molecule has 0 radical (unpaired) electrons. The molecule has 3 saturated carbocycles. The molecule has 3 aliphatic rings. The molecule has 2 nitrogen and oxygen atoms in total. The summed E-state index contributed by atoms with van der Waals surface area (Å²) in [6.45, 7) is 0.755. The Bertz CT molecular complexity index is 228. The number of aliphatic hydroxyl groups is 2. The van der Waals surface area contributed by atoms with Gasteiger partial charge in [0.25, 0.3) is 0 Å². The maximum Gasteiger partial charge on any atom is 0.0462 e. The Hall–Kier alpha value is -0.0800. The summed E-state index contributed by atoms with van der Waals surface area (Å²) in [4.78, 5) is 0. The van der Waals surface area contributed by atoms with Crippen LogP contribution in [-0.2, 0) is 0 Å². The van der Waals surface area contributed by atoms with Gasteiger partial charge in [-0.25, -0.2) is 0 Å². The van der Waals surface area contributed by atoms with E-state index in [0.29, 0.717) is 25.0 Å². The standard InChI is InChI=1S/C12H20O2/c13-5-7-1-2-10-8-3-9(6-14)11(4-8)12(7)10/h7-14H,1-6H2/t7?,8?,9?,10?,11-,12?/m0/s1. The van der Waals surface area contributed by atoms with Gasteiger partial charge in [-0.1, -0.05) is 0 Å². The summed E-state index contributed by atoms with van der Waals surface area (Å²) >= 11 is 0. The summed E-state index contributed by atoms with van der Waals surface area (Å²) in [5.74, 6) is 4.42. The minimum absolute atomic E-state index is 0.378. The van der Waals surface area contributed by atoms with Crippen LogP contribution in [0.2, 0.25) is 0 Å². The van der Waals surface area contributed by atoms with Gasteiger partial charge < -0.3 is 10.2 Å². The Balaban J connectivity index is 1.82. The predicted molar refractivity (Wildman–Crippen MR) is 53.6 cm³/mol. The van der Waals surface area contributed by atoms with Crippen LogP contribution in [-0.4, -0.2) is 23.4 Å². The second-order valence-corrected chi connectivity index (χ2v) is 5.60. The van der Waals surface area contributed by atoms with Crippen molar-refractivity contribution in [1.82, 2.24) is 0 Å². The first kappa shape index (κ1) is 9.17. The van der Waals surface area contributed by atoms with Crippen molar-refractivity contribution in [2.24, 2.45) is 35.5 Å². The molecule has 5 unspecified atom stereocenters. The smallest absolute Gasteiger partial charge is 0.0462 e. The maximum absolute atomic E-state index is 9.34. The van der Waals surface area contributed by atoms with E-state index < -0.39 is 0 Å². The van der Waals surface area contributed by atoms with Gasteiger partial charge in [-0.3, -0.25) is 0 Å². The van der Waals surface area contributed by atoms with Crippen molar-refractivity contribution in [2.45, 2.75) is 25.7 Å². The van der Waals surface area contributed by atoms with Gasteiger partial charge in [0.15, 0.2) is 0 Å². The molecule has 0 aromatic carbocycles. The van der Waals surface area contributed by atoms with Crippen LogP contribution in [0, 0.1) is 35.5 Å². The molecule has 3 rings (SSSR count). The van der Waals surface area contributed by atoms with Crippen LogP contribution in [0.1, 0.15) is 25.7 Å². The zero-order chi connectivity index (χ0) is 9.71. The molecule has 0 heterocycles. The van der Waals surface area contributed by atoms with Crippen LogP contribution in [0.4, 0.5) is 0 Å². The Morgan fingerprint density at radius 2 is 1.64 bits per heavy atom. The number of hydrogen-bond acceptors (Lipinski definition) is 2. The first-order valence-corrected chi connectivity index (χ1v) is 6.07. The lowest BCUT2D eigenvalue weighted by atomic mass is 9.73. The second kappa shape index (κ2) is 3.21. The highest BCUT2D eigenvalue weighted by molar-refractivity contribution is 5.05. The lowest BCUT2D eigenvalue weighted by Gasteiger charge is -2.33. The molecule has 6 atom stereocenters. The average molecular weight is 196 g/mol. The van der Waals surface area contributed by atoms with Gasteiger partial charge in [0.05, 0.1) is 0 Å². The van der Waals surface area contributed by atoms with E-state index in [1.165, 1.54) is 25.7 Å². The molecule has 0 spiro atoms. The van der Waals surface area contributed by atoms with Crippen molar-refractivity contribution in [1.29, 1.82) is 0 Å². The van der Waals surface area contributed by atoms with Crippen LogP contribution < -0.4 is 0 Å². The lowest BCUT2D eigenvalue weighted by molar-refractivity contribution is 0.0794. The molecule has 0 aliphatic heterocycles. The second-order valence-electron chi connectivity index (χ2n) is 5.60. The van der Waals surface area contributed by atoms with E-state index in [1.54, 1.807) is 0 Å². The Kier molecular flexibility index (Phi) is 2.10. The van der Waals surface area contributed by atoms with Gasteiger partial charge in [-0.2, -0.15) is 0 Å². The van der Waals surface area contributed by atoms with Gasteiger partial charge in [-0.05, 0) is 61.2 Å². The number of aliphatic hydroxyl groups excluding tert-OH is 2. The van der Waals surface area contributed by atoms with Crippen LogP contribution in [0.3, 0.4) is 0 Å². The molecule has 3 aliphatic carbocycles. The number of hydrogen-bond donors (Lipinski definition) is 2. The van der Waals surface area contributed by atoms with Gasteiger partial charge >= 0.3 is 0 Å². The van der Waals surface area contributed by atoms with Crippen molar-refractivity contribution < 1.29 is 10.2 Å². The zero-order valence-electron chi connectivity index (χ0n) is 8.60. The average Bonchev–Trinajstić information content (AvgIpc) is 2.87. The normalized spacial score (nSPS) is 55.3. The van der Waals surface area contributed by atoms with E-state index in [2.05, 4.69) is 0 Å². The summed E-state index contributed by atoms with van der Waals surface area (Å²) in [6, 6.07) is 0. The highest BCUT2D eigenvalue weighted by Crippen LogP contribution is 2.62. The van der Waals surface area contributed by atoms with Gasteiger partial charge in [0, 0.05) is 13.2 Å². The van der Waals surface area contributed by atoms with E-state index in [-0.39, 0.29) is 0 Å². The SMILES string of the molecule is OCC1CCC2C3CC(CO)[C@H](C3)C12. The Morgan fingerprint density at radius 3 is 2.36 bits per heavy atom. The summed E-state index contributed by atoms with van der Waals surface area (Å²) in [7, 11) is 0. The minimum Gasteiger partial charge on any atom is -0.396 e. The summed E-state index contributed by atoms with van der Waals surface area (Å²) in [5, 5.41) is 18.6. The predicted octanol–water partition coefficient (Wildman–Crippen LogP) is 1.27. The Labute approximate surface area is 85.3 Å². The summed E-state index contributed by atoms with van der Waals surface area (Å²) in [6.07, 6.45) is 5.18. The van der Waals surface area contributed by atoms with E-state index in [9.17, 15) is 10.2 Å². The molecule has 3 fully saturated rings. The monoisotopic (exact) mass is 196 g/mol. The fourth-order valence-electron chi connectivity index (χ4n) is 4.80. The van der Waals surface area contributed by atoms with E-state index in [0.717, 1.165) is 23.7 Å². The quantitative estimate of drug-likeness (QED) is 0.698. The molecule has 0 aromatic rings. The van der Waals surface area contributed by atoms with Gasteiger partial charge in [0.1, 0.15) is 0 Å². The molecule has 0 saturated heterocycles. The molecular formula is C12H20O2. The van der Waals surface area contributed by atoms with Crippen molar-refractivity contribution in [3.8, 4) is 0 Å². The Morgan fingerprint density at radius 1 is 0.857 bits per heavy atom. The molecule has 0 amide bonds. The third-order valence-electron chi connectivity index (χ3n) is 5.26. The fourth-order valence-corrected chi connectivity index (χ4v) is 4.80. The maximum atomic E-state index is 9.34. The van der Waals surface area contributed by atoms with Crippen molar-refractivity contribution in [3.05, 3.63) is 0 Å².